The third-order valence-corrected chi connectivity index (χ3v) is 4.92. The molecule has 0 radical (unpaired) electrons. The first kappa shape index (κ1) is 16.5. The lowest BCUT2D eigenvalue weighted by Gasteiger charge is -2.44. The van der Waals surface area contributed by atoms with Crippen LogP contribution in [-0.2, 0) is 0 Å². The van der Waals surface area contributed by atoms with Crippen LogP contribution in [0.1, 0.15) is 24.1 Å². The van der Waals surface area contributed by atoms with Crippen LogP contribution in [0.2, 0.25) is 0 Å². The molecular formula is C19H18N4O3. The second-order valence-corrected chi connectivity index (χ2v) is 6.61. The van der Waals surface area contributed by atoms with Crippen LogP contribution in [0, 0.1) is 27.9 Å². The number of fused-ring (bicyclic) bond motifs is 3. The van der Waals surface area contributed by atoms with Crippen LogP contribution in [0.5, 0.6) is 5.88 Å². The van der Waals surface area contributed by atoms with Crippen molar-refractivity contribution < 1.29 is 9.66 Å². The SMILES string of the molecule is O=[N+]([O-])c1ccc(C#Cc2ccc(OC3CN4CCC3CC4)nn2)cc1. The zero-order chi connectivity index (χ0) is 17.9. The van der Waals surface area contributed by atoms with Crippen molar-refractivity contribution in [1.29, 1.82) is 0 Å². The Morgan fingerprint density at radius 2 is 1.85 bits per heavy atom. The van der Waals surface area contributed by atoms with Gasteiger partial charge in [0.05, 0.1) is 4.92 Å². The Hall–Kier alpha value is -2.98. The Bertz CT molecular complexity index is 847. The van der Waals surface area contributed by atoms with Crippen LogP contribution in [0.15, 0.2) is 36.4 Å². The highest BCUT2D eigenvalue weighted by Gasteiger charge is 2.35. The summed E-state index contributed by atoms with van der Waals surface area (Å²) >= 11 is 0. The van der Waals surface area contributed by atoms with Gasteiger partial charge in [0, 0.05) is 30.3 Å². The van der Waals surface area contributed by atoms with Gasteiger partial charge in [0.25, 0.3) is 5.69 Å². The summed E-state index contributed by atoms with van der Waals surface area (Å²) in [5.41, 5.74) is 1.26. The number of piperidine rings is 3. The normalized spacial score (nSPS) is 23.8. The van der Waals surface area contributed by atoms with Gasteiger partial charge in [-0.25, -0.2) is 0 Å². The molecule has 7 nitrogen and oxygen atoms in total. The zero-order valence-electron chi connectivity index (χ0n) is 14.2. The summed E-state index contributed by atoms with van der Waals surface area (Å²) in [7, 11) is 0. The van der Waals surface area contributed by atoms with Gasteiger partial charge in [0.15, 0.2) is 0 Å². The molecule has 7 heteroatoms. The topological polar surface area (TPSA) is 81.4 Å². The number of aromatic nitrogens is 2. The van der Waals surface area contributed by atoms with Gasteiger partial charge in [0.2, 0.25) is 5.88 Å². The number of hydrogen-bond donors (Lipinski definition) is 0. The molecule has 3 aliphatic heterocycles. The molecular weight excluding hydrogens is 332 g/mol. The summed E-state index contributed by atoms with van der Waals surface area (Å²) < 4.78 is 6.02. The molecule has 0 spiro atoms. The summed E-state index contributed by atoms with van der Waals surface area (Å²) in [6, 6.07) is 9.67. The number of rotatable bonds is 3. The second-order valence-electron chi connectivity index (χ2n) is 6.61. The zero-order valence-corrected chi connectivity index (χ0v) is 14.2. The fraction of sp³-hybridized carbons (Fsp3) is 0.368. The van der Waals surface area contributed by atoms with Gasteiger partial charge in [-0.2, -0.15) is 0 Å². The molecule has 3 saturated heterocycles. The molecule has 1 atom stereocenters. The predicted octanol–water partition coefficient (Wildman–Crippen LogP) is 2.26. The molecule has 1 unspecified atom stereocenters. The molecule has 1 aromatic heterocycles. The van der Waals surface area contributed by atoms with Crippen molar-refractivity contribution in [1.82, 2.24) is 15.1 Å². The van der Waals surface area contributed by atoms with E-state index in [9.17, 15) is 10.1 Å². The van der Waals surface area contributed by atoms with E-state index < -0.39 is 4.92 Å². The first-order valence-corrected chi connectivity index (χ1v) is 8.66. The van der Waals surface area contributed by atoms with Crippen molar-refractivity contribution in [3.05, 3.63) is 57.8 Å². The van der Waals surface area contributed by atoms with E-state index in [1.807, 2.05) is 0 Å². The molecule has 5 rings (SSSR count). The predicted molar refractivity (Wildman–Crippen MR) is 94.7 cm³/mol. The standard InChI is InChI=1S/C19H18N4O3/c24-23(25)17-6-2-14(3-7-17)1-4-16-5-8-19(21-20-16)26-18-13-22-11-9-15(18)10-12-22/h2-3,5-8,15,18H,9-13H2. The Morgan fingerprint density at radius 1 is 1.08 bits per heavy atom. The van der Waals surface area contributed by atoms with E-state index in [4.69, 9.17) is 4.74 Å². The van der Waals surface area contributed by atoms with Crippen molar-refractivity contribution in [3.63, 3.8) is 0 Å². The molecule has 1 aromatic carbocycles. The lowest BCUT2D eigenvalue weighted by molar-refractivity contribution is -0.384. The van der Waals surface area contributed by atoms with Gasteiger partial charge in [-0.3, -0.25) is 15.0 Å². The third kappa shape index (κ3) is 3.65. The highest BCUT2D eigenvalue weighted by molar-refractivity contribution is 5.44. The fourth-order valence-electron chi connectivity index (χ4n) is 3.45. The second kappa shape index (κ2) is 7.10. The number of hydrogen-bond acceptors (Lipinski definition) is 6. The van der Waals surface area contributed by atoms with Crippen LogP contribution in [0.3, 0.4) is 0 Å². The molecule has 0 aliphatic carbocycles. The van der Waals surface area contributed by atoms with Crippen molar-refractivity contribution in [2.75, 3.05) is 19.6 Å². The average molecular weight is 350 g/mol. The monoisotopic (exact) mass is 350 g/mol. The van der Waals surface area contributed by atoms with Crippen LogP contribution < -0.4 is 4.74 Å². The largest absolute Gasteiger partial charge is 0.472 e. The number of nitro groups is 1. The van der Waals surface area contributed by atoms with Gasteiger partial charge in [-0.15, -0.1) is 10.2 Å². The van der Waals surface area contributed by atoms with E-state index in [2.05, 4.69) is 26.9 Å². The van der Waals surface area contributed by atoms with Crippen molar-refractivity contribution >= 4 is 5.69 Å². The maximum atomic E-state index is 10.6. The number of nitro benzene ring substituents is 1. The highest BCUT2D eigenvalue weighted by atomic mass is 16.6. The maximum absolute atomic E-state index is 10.6. The molecule has 0 N–H and O–H groups in total. The molecule has 132 valence electrons. The molecule has 0 amide bonds. The Balaban J connectivity index is 1.39. The molecule has 2 aromatic rings. The average Bonchev–Trinajstić information content (AvgIpc) is 2.69. The van der Waals surface area contributed by atoms with E-state index in [-0.39, 0.29) is 11.8 Å². The summed E-state index contributed by atoms with van der Waals surface area (Å²) in [4.78, 5) is 12.6. The van der Waals surface area contributed by atoms with Gasteiger partial charge in [0.1, 0.15) is 11.8 Å². The van der Waals surface area contributed by atoms with Crippen LogP contribution in [0.25, 0.3) is 0 Å². The van der Waals surface area contributed by atoms with Gasteiger partial charge < -0.3 is 4.74 Å². The van der Waals surface area contributed by atoms with Crippen molar-refractivity contribution in [2.24, 2.45) is 5.92 Å². The molecule has 0 saturated carbocycles. The Labute approximate surface area is 151 Å². The van der Waals surface area contributed by atoms with Crippen molar-refractivity contribution in [3.8, 4) is 17.7 Å². The summed E-state index contributed by atoms with van der Waals surface area (Å²) in [6.45, 7) is 3.31. The summed E-state index contributed by atoms with van der Waals surface area (Å²) in [5, 5.41) is 18.9. The van der Waals surface area contributed by atoms with Gasteiger partial charge >= 0.3 is 0 Å². The third-order valence-electron chi connectivity index (χ3n) is 4.92. The molecule has 4 heterocycles. The first-order chi connectivity index (χ1) is 12.7. The first-order valence-electron chi connectivity index (χ1n) is 8.66. The molecule has 26 heavy (non-hydrogen) atoms. The minimum atomic E-state index is -0.434. The molecule has 3 fully saturated rings. The van der Waals surface area contributed by atoms with E-state index >= 15 is 0 Å². The maximum Gasteiger partial charge on any atom is 0.269 e. The molecule has 2 bridgehead atoms. The smallest absolute Gasteiger partial charge is 0.269 e. The number of benzene rings is 1. The van der Waals surface area contributed by atoms with Gasteiger partial charge in [-0.05, 0) is 56.0 Å². The quantitative estimate of drug-likeness (QED) is 0.480. The minimum absolute atomic E-state index is 0.0459. The van der Waals surface area contributed by atoms with Gasteiger partial charge in [-0.1, -0.05) is 5.92 Å². The van der Waals surface area contributed by atoms with E-state index in [1.54, 1.807) is 24.3 Å². The lowest BCUT2D eigenvalue weighted by atomic mass is 9.86. The van der Waals surface area contributed by atoms with E-state index in [0.29, 0.717) is 23.1 Å². The van der Waals surface area contributed by atoms with E-state index in [1.165, 1.54) is 38.1 Å². The Morgan fingerprint density at radius 3 is 2.42 bits per heavy atom. The van der Waals surface area contributed by atoms with Crippen LogP contribution >= 0.6 is 0 Å². The number of ether oxygens (including phenoxy) is 1. The van der Waals surface area contributed by atoms with E-state index in [0.717, 1.165) is 6.54 Å². The fourth-order valence-corrected chi connectivity index (χ4v) is 3.45. The van der Waals surface area contributed by atoms with Crippen LogP contribution in [-0.4, -0.2) is 45.8 Å². The molecule has 3 aliphatic rings. The minimum Gasteiger partial charge on any atom is -0.472 e. The Kier molecular flexibility index (Phi) is 4.50. The summed E-state index contributed by atoms with van der Waals surface area (Å²) in [6.07, 6.45) is 2.58. The highest BCUT2D eigenvalue weighted by Crippen LogP contribution is 2.29. The summed E-state index contributed by atoms with van der Waals surface area (Å²) in [5.74, 6) is 6.98. The van der Waals surface area contributed by atoms with Crippen LogP contribution in [0.4, 0.5) is 5.69 Å². The van der Waals surface area contributed by atoms with Crippen molar-refractivity contribution in [2.45, 2.75) is 18.9 Å². The number of nitrogens with zero attached hydrogens (tertiary/aromatic N) is 4. The number of non-ortho nitro benzene ring substituents is 1. The lowest BCUT2D eigenvalue weighted by Crippen LogP contribution is -2.52.